The van der Waals surface area contributed by atoms with Crippen LogP contribution in [-0.2, 0) is 0 Å². The molecule has 0 aliphatic rings. The lowest BCUT2D eigenvalue weighted by Crippen LogP contribution is -2.13. The zero-order valence-corrected chi connectivity index (χ0v) is 28.8. The predicted octanol–water partition coefficient (Wildman–Crippen LogP) is 14.1. The molecule has 8 rings (SSSR count). The van der Waals surface area contributed by atoms with E-state index in [2.05, 4.69) is 228 Å². The summed E-state index contributed by atoms with van der Waals surface area (Å²) in [5.74, 6) is 0. The van der Waals surface area contributed by atoms with Crippen molar-refractivity contribution >= 4 is 69.2 Å². The van der Waals surface area contributed by atoms with Crippen molar-refractivity contribution in [2.24, 2.45) is 0 Å². The van der Waals surface area contributed by atoms with Crippen LogP contribution >= 0.6 is 0 Å². The van der Waals surface area contributed by atoms with Crippen molar-refractivity contribution in [1.82, 2.24) is 0 Å². The van der Waals surface area contributed by atoms with Gasteiger partial charge in [0.05, 0.1) is 11.4 Å². The molecule has 0 saturated heterocycles. The normalized spacial score (nSPS) is 11.3. The van der Waals surface area contributed by atoms with Crippen molar-refractivity contribution < 1.29 is 0 Å². The van der Waals surface area contributed by atoms with E-state index in [1.54, 1.807) is 0 Å². The molecule has 0 unspecified atom stereocenters. The summed E-state index contributed by atoms with van der Waals surface area (Å²) in [5.41, 5.74) is 11.3. The lowest BCUT2D eigenvalue weighted by Gasteiger charge is -2.30. The predicted molar refractivity (Wildman–Crippen MR) is 224 cm³/mol. The number of rotatable bonds is 10. The first kappa shape index (κ1) is 32.3. The van der Waals surface area contributed by atoms with E-state index in [4.69, 9.17) is 0 Å². The number of nitrogens with zero attached hydrogens (tertiary/aromatic N) is 2. The van der Waals surface area contributed by atoms with Gasteiger partial charge in [-0.3, -0.25) is 0 Å². The highest BCUT2D eigenvalue weighted by Crippen LogP contribution is 2.45. The monoisotopic (exact) mass is 666 g/mol. The van der Waals surface area contributed by atoms with Gasteiger partial charge < -0.3 is 9.80 Å². The molecule has 0 saturated carbocycles. The maximum atomic E-state index is 2.36. The molecule has 0 fully saturated rings. The van der Waals surface area contributed by atoms with E-state index in [-0.39, 0.29) is 0 Å². The van der Waals surface area contributed by atoms with Crippen LogP contribution < -0.4 is 9.80 Å². The summed E-state index contributed by atoms with van der Waals surface area (Å²) in [7, 11) is 0. The average molecular weight is 667 g/mol. The fourth-order valence-corrected chi connectivity index (χ4v) is 6.65. The Morgan fingerprint density at radius 2 is 0.500 bits per heavy atom. The second kappa shape index (κ2) is 15.3. The molecule has 0 spiro atoms. The SMILES string of the molecule is C(=C\c1ccc(N(c2ccccc2)c2ccc(N(c3ccccc3)c3ccc(/C=C/c4ccccc4)cc3)c3ccccc23)cc1)/c1ccccc1. The van der Waals surface area contributed by atoms with Crippen molar-refractivity contribution in [1.29, 1.82) is 0 Å². The van der Waals surface area contributed by atoms with Gasteiger partial charge in [0, 0.05) is 33.5 Å². The minimum Gasteiger partial charge on any atom is -0.310 e. The number of hydrogen-bond acceptors (Lipinski definition) is 2. The molecule has 0 N–H and O–H groups in total. The topological polar surface area (TPSA) is 6.48 Å². The van der Waals surface area contributed by atoms with Crippen molar-refractivity contribution in [2.75, 3.05) is 9.80 Å². The van der Waals surface area contributed by atoms with E-state index in [1.165, 1.54) is 21.9 Å². The van der Waals surface area contributed by atoms with Gasteiger partial charge in [0.15, 0.2) is 0 Å². The number of benzene rings is 8. The van der Waals surface area contributed by atoms with E-state index in [0.29, 0.717) is 0 Å². The summed E-state index contributed by atoms with van der Waals surface area (Å²) in [6.07, 6.45) is 8.65. The number of fused-ring (bicyclic) bond motifs is 1. The van der Waals surface area contributed by atoms with Crippen molar-refractivity contribution in [3.05, 3.63) is 229 Å². The van der Waals surface area contributed by atoms with Crippen LogP contribution in [0.25, 0.3) is 35.1 Å². The minimum atomic E-state index is 1.10. The molecule has 0 aliphatic heterocycles. The summed E-state index contributed by atoms with van der Waals surface area (Å²) in [6.45, 7) is 0. The molecule has 2 heteroatoms. The van der Waals surface area contributed by atoms with Gasteiger partial charge in [0.2, 0.25) is 0 Å². The van der Waals surface area contributed by atoms with Crippen LogP contribution in [0.3, 0.4) is 0 Å². The lowest BCUT2D eigenvalue weighted by molar-refractivity contribution is 1.27. The highest BCUT2D eigenvalue weighted by atomic mass is 15.2. The number of hydrogen-bond donors (Lipinski definition) is 0. The largest absolute Gasteiger partial charge is 0.310 e. The van der Waals surface area contributed by atoms with Crippen LogP contribution in [0.2, 0.25) is 0 Å². The summed E-state index contributed by atoms with van der Waals surface area (Å²) in [5, 5.41) is 2.33. The van der Waals surface area contributed by atoms with Gasteiger partial charge in [-0.1, -0.05) is 170 Å². The molecule has 0 aliphatic carbocycles. The maximum Gasteiger partial charge on any atom is 0.0541 e. The first-order valence-electron chi connectivity index (χ1n) is 17.7. The number of para-hydroxylation sites is 2. The van der Waals surface area contributed by atoms with Gasteiger partial charge in [-0.2, -0.15) is 0 Å². The molecule has 52 heavy (non-hydrogen) atoms. The molecular formula is C50H38N2. The van der Waals surface area contributed by atoms with Gasteiger partial charge >= 0.3 is 0 Å². The lowest BCUT2D eigenvalue weighted by atomic mass is 10.0. The third kappa shape index (κ3) is 7.19. The smallest absolute Gasteiger partial charge is 0.0541 e. The fraction of sp³-hybridized carbons (Fsp3) is 0. The Morgan fingerprint density at radius 3 is 0.846 bits per heavy atom. The van der Waals surface area contributed by atoms with Crippen LogP contribution in [0.1, 0.15) is 22.3 Å². The molecule has 0 bridgehead atoms. The van der Waals surface area contributed by atoms with Gasteiger partial charge in [0.1, 0.15) is 0 Å². The van der Waals surface area contributed by atoms with Crippen LogP contribution in [0.4, 0.5) is 34.1 Å². The van der Waals surface area contributed by atoms with Gasteiger partial charge in [-0.05, 0) is 82.9 Å². The van der Waals surface area contributed by atoms with Crippen molar-refractivity contribution in [3.63, 3.8) is 0 Å². The van der Waals surface area contributed by atoms with Crippen molar-refractivity contribution in [3.8, 4) is 0 Å². The Bertz CT molecular complexity index is 2240. The molecule has 0 aromatic heterocycles. The molecule has 2 nitrogen and oxygen atoms in total. The fourth-order valence-electron chi connectivity index (χ4n) is 6.65. The summed E-state index contributed by atoms with van der Waals surface area (Å²) >= 11 is 0. The molecule has 0 heterocycles. The summed E-state index contributed by atoms with van der Waals surface area (Å²) in [4.78, 5) is 4.72. The van der Waals surface area contributed by atoms with Crippen LogP contribution in [0.5, 0.6) is 0 Å². The molecule has 248 valence electrons. The average Bonchev–Trinajstić information content (AvgIpc) is 3.22. The number of anilines is 6. The van der Waals surface area contributed by atoms with Crippen LogP contribution in [-0.4, -0.2) is 0 Å². The summed E-state index contributed by atoms with van der Waals surface area (Å²) < 4.78 is 0. The van der Waals surface area contributed by atoms with Gasteiger partial charge in [-0.25, -0.2) is 0 Å². The van der Waals surface area contributed by atoms with E-state index in [1.807, 2.05) is 12.1 Å². The van der Waals surface area contributed by atoms with Crippen LogP contribution in [0.15, 0.2) is 206 Å². The van der Waals surface area contributed by atoms with E-state index < -0.39 is 0 Å². The van der Waals surface area contributed by atoms with Crippen molar-refractivity contribution in [2.45, 2.75) is 0 Å². The Labute approximate surface area is 306 Å². The Kier molecular flexibility index (Phi) is 9.53. The second-order valence-corrected chi connectivity index (χ2v) is 12.7. The highest BCUT2D eigenvalue weighted by Gasteiger charge is 2.20. The zero-order valence-electron chi connectivity index (χ0n) is 28.8. The second-order valence-electron chi connectivity index (χ2n) is 12.7. The molecule has 8 aromatic rings. The first-order chi connectivity index (χ1) is 25.8. The van der Waals surface area contributed by atoms with Crippen LogP contribution in [0, 0.1) is 0 Å². The zero-order chi connectivity index (χ0) is 35.0. The first-order valence-corrected chi connectivity index (χ1v) is 17.7. The third-order valence-corrected chi connectivity index (χ3v) is 9.23. The third-order valence-electron chi connectivity index (χ3n) is 9.23. The molecule has 0 amide bonds. The molecule has 8 aromatic carbocycles. The molecular weight excluding hydrogens is 629 g/mol. The standard InChI is InChI=1S/C50H38N2/c1-5-15-39(16-6-1)25-27-41-29-33-45(34-30-41)51(43-19-9-3-10-20-43)49-37-38-50(48-24-14-13-23-47(48)49)52(44-21-11-4-12-22-44)46-35-31-42(32-36-46)28-26-40-17-7-2-8-18-40/h1-38H/b27-25+,28-26+. The van der Waals surface area contributed by atoms with Gasteiger partial charge in [0.25, 0.3) is 0 Å². The summed E-state index contributed by atoms with van der Waals surface area (Å²) in [6, 6.07) is 73.0. The maximum absolute atomic E-state index is 2.36. The highest BCUT2D eigenvalue weighted by molar-refractivity contribution is 6.07. The quantitative estimate of drug-likeness (QED) is 0.134. The Balaban J connectivity index is 1.20. The van der Waals surface area contributed by atoms with E-state index >= 15 is 0 Å². The van der Waals surface area contributed by atoms with E-state index in [0.717, 1.165) is 45.3 Å². The Hall–Kier alpha value is -6.90. The Morgan fingerprint density at radius 1 is 0.231 bits per heavy atom. The van der Waals surface area contributed by atoms with Gasteiger partial charge in [-0.15, -0.1) is 0 Å². The molecule has 0 radical (unpaired) electrons. The molecule has 0 atom stereocenters. The van der Waals surface area contributed by atoms with E-state index in [9.17, 15) is 0 Å². The minimum absolute atomic E-state index is 1.10.